The van der Waals surface area contributed by atoms with E-state index >= 15 is 0 Å². The molecule has 0 saturated carbocycles. The number of rotatable bonds is 1. The summed E-state index contributed by atoms with van der Waals surface area (Å²) >= 11 is 0. The van der Waals surface area contributed by atoms with Gasteiger partial charge in [-0.15, -0.1) is 0 Å². The minimum absolute atomic E-state index is 0.193. The summed E-state index contributed by atoms with van der Waals surface area (Å²) in [7, 11) is 1.66. The predicted molar refractivity (Wildman–Crippen MR) is 99.8 cm³/mol. The molecule has 3 aromatic heterocycles. The van der Waals surface area contributed by atoms with Gasteiger partial charge in [0.25, 0.3) is 5.91 Å². The molecular weight excluding hydrogens is 344 g/mol. The number of nitrogens with two attached hydrogens (primary N) is 1. The molecule has 8 heteroatoms. The average molecular weight is 362 g/mol. The molecule has 3 N–H and O–H groups in total. The van der Waals surface area contributed by atoms with E-state index in [2.05, 4.69) is 26.8 Å². The van der Waals surface area contributed by atoms with Crippen molar-refractivity contribution in [1.82, 2.24) is 24.4 Å². The fraction of sp³-hybridized carbons (Fsp3) is 0.263. The van der Waals surface area contributed by atoms with E-state index in [1.165, 1.54) is 4.90 Å². The molecule has 1 aliphatic heterocycles. The fourth-order valence-electron chi connectivity index (χ4n) is 3.16. The summed E-state index contributed by atoms with van der Waals surface area (Å²) in [4.78, 5) is 26.2. The molecule has 27 heavy (non-hydrogen) atoms. The molecule has 1 amide bonds. The first-order chi connectivity index (χ1) is 13.0. The van der Waals surface area contributed by atoms with Crippen molar-refractivity contribution in [3.63, 3.8) is 0 Å². The highest BCUT2D eigenvalue weighted by Gasteiger charge is 2.39. The summed E-state index contributed by atoms with van der Waals surface area (Å²) in [6, 6.07) is 5.47. The standard InChI is InChI=1S/C19H18N6O2/c1-24-9-2-6-19(27,17(24)26)7-3-14-11-15(4-8-21-14)25-10-5-13-12-22-18(20)23-16(13)25/h4-5,8,10-12,27H,2,6,9H2,1H3,(H2,20,22,23). The minimum atomic E-state index is -1.66. The molecule has 0 spiro atoms. The molecule has 3 aromatic rings. The van der Waals surface area contributed by atoms with Gasteiger partial charge in [0, 0.05) is 37.6 Å². The van der Waals surface area contributed by atoms with Crippen molar-refractivity contribution < 1.29 is 9.90 Å². The lowest BCUT2D eigenvalue weighted by molar-refractivity contribution is -0.148. The molecule has 1 atom stereocenters. The zero-order valence-corrected chi connectivity index (χ0v) is 14.8. The Morgan fingerprint density at radius 3 is 3.04 bits per heavy atom. The summed E-state index contributed by atoms with van der Waals surface area (Å²) in [5, 5.41) is 11.4. The Kier molecular flexibility index (Phi) is 4.01. The summed E-state index contributed by atoms with van der Waals surface area (Å²) in [6.45, 7) is 0.627. The van der Waals surface area contributed by atoms with Gasteiger partial charge in [-0.2, -0.15) is 4.98 Å². The van der Waals surface area contributed by atoms with Crippen LogP contribution in [0.1, 0.15) is 18.5 Å². The summed E-state index contributed by atoms with van der Waals surface area (Å²) in [6.07, 6.45) is 6.17. The van der Waals surface area contributed by atoms with Gasteiger partial charge >= 0.3 is 0 Å². The maximum absolute atomic E-state index is 12.2. The van der Waals surface area contributed by atoms with Crippen molar-refractivity contribution in [3.05, 3.63) is 42.5 Å². The van der Waals surface area contributed by atoms with Gasteiger partial charge in [0.05, 0.1) is 5.69 Å². The molecule has 1 unspecified atom stereocenters. The summed E-state index contributed by atoms with van der Waals surface area (Å²) < 4.78 is 1.86. The van der Waals surface area contributed by atoms with E-state index in [9.17, 15) is 9.90 Å². The van der Waals surface area contributed by atoms with E-state index in [0.29, 0.717) is 30.7 Å². The number of nitrogens with zero attached hydrogens (tertiary/aromatic N) is 5. The molecule has 1 saturated heterocycles. The van der Waals surface area contributed by atoms with Crippen LogP contribution in [-0.2, 0) is 4.79 Å². The Balaban J connectivity index is 1.70. The van der Waals surface area contributed by atoms with Gasteiger partial charge in [0.1, 0.15) is 11.3 Å². The maximum atomic E-state index is 12.2. The maximum Gasteiger partial charge on any atom is 0.267 e. The number of hydrogen-bond donors (Lipinski definition) is 2. The van der Waals surface area contributed by atoms with Gasteiger partial charge in [0.2, 0.25) is 11.5 Å². The lowest BCUT2D eigenvalue weighted by Crippen LogP contribution is -2.51. The molecular formula is C19H18N6O2. The lowest BCUT2D eigenvalue weighted by atomic mass is 9.92. The summed E-state index contributed by atoms with van der Waals surface area (Å²) in [5.41, 5.74) is 5.95. The zero-order valence-electron chi connectivity index (χ0n) is 14.8. The number of nitrogen functional groups attached to an aromatic ring is 1. The number of likely N-dealkylation sites (N-methyl/N-ethyl adjacent to an activating group) is 1. The summed E-state index contributed by atoms with van der Waals surface area (Å²) in [5.74, 6) is 5.37. The lowest BCUT2D eigenvalue weighted by Gasteiger charge is -2.32. The van der Waals surface area contributed by atoms with Gasteiger partial charge in [-0.1, -0.05) is 5.92 Å². The number of carbonyl (C=O) groups is 1. The SMILES string of the molecule is CN1CCCC(O)(C#Cc2cc(-n3ccc4cnc(N)nc43)ccn2)C1=O. The van der Waals surface area contributed by atoms with Crippen molar-refractivity contribution >= 4 is 22.9 Å². The number of hydrogen-bond acceptors (Lipinski definition) is 6. The largest absolute Gasteiger partial charge is 0.369 e. The van der Waals surface area contributed by atoms with E-state index in [-0.39, 0.29) is 11.9 Å². The number of fused-ring (bicyclic) bond motifs is 1. The molecule has 0 radical (unpaired) electrons. The Morgan fingerprint density at radius 2 is 2.19 bits per heavy atom. The van der Waals surface area contributed by atoms with Crippen molar-refractivity contribution in [2.45, 2.75) is 18.4 Å². The molecule has 1 fully saturated rings. The van der Waals surface area contributed by atoms with Crippen LogP contribution in [0.2, 0.25) is 0 Å². The second-order valence-corrected chi connectivity index (χ2v) is 6.53. The first kappa shape index (κ1) is 17.0. The monoisotopic (exact) mass is 362 g/mol. The smallest absolute Gasteiger partial charge is 0.267 e. The van der Waals surface area contributed by atoms with Crippen LogP contribution in [0.15, 0.2) is 36.8 Å². The van der Waals surface area contributed by atoms with Crippen molar-refractivity contribution in [2.24, 2.45) is 0 Å². The minimum Gasteiger partial charge on any atom is -0.369 e. The fourth-order valence-corrected chi connectivity index (χ4v) is 3.16. The van der Waals surface area contributed by atoms with E-state index in [1.807, 2.05) is 22.9 Å². The van der Waals surface area contributed by atoms with Crippen LogP contribution in [-0.4, -0.2) is 54.6 Å². The van der Waals surface area contributed by atoms with Crippen LogP contribution in [0.25, 0.3) is 16.7 Å². The third-order valence-corrected chi connectivity index (χ3v) is 4.60. The number of piperidine rings is 1. The number of carbonyl (C=O) groups excluding carboxylic acids is 1. The highest BCUT2D eigenvalue weighted by atomic mass is 16.3. The number of anilines is 1. The van der Waals surface area contributed by atoms with Crippen molar-refractivity contribution in [2.75, 3.05) is 19.3 Å². The zero-order chi connectivity index (χ0) is 19.0. The Morgan fingerprint density at radius 1 is 1.33 bits per heavy atom. The third-order valence-electron chi connectivity index (χ3n) is 4.60. The topological polar surface area (TPSA) is 110 Å². The number of aliphatic hydroxyl groups is 1. The Labute approximate surface area is 155 Å². The second-order valence-electron chi connectivity index (χ2n) is 6.53. The Bertz CT molecular complexity index is 1100. The van der Waals surface area contributed by atoms with Gasteiger partial charge in [-0.05, 0) is 37.0 Å². The van der Waals surface area contributed by atoms with Crippen LogP contribution >= 0.6 is 0 Å². The van der Waals surface area contributed by atoms with Crippen LogP contribution in [0, 0.1) is 11.8 Å². The number of aromatic nitrogens is 4. The van der Waals surface area contributed by atoms with E-state index in [4.69, 9.17) is 5.73 Å². The van der Waals surface area contributed by atoms with Crippen LogP contribution in [0.4, 0.5) is 5.95 Å². The molecule has 8 nitrogen and oxygen atoms in total. The molecule has 136 valence electrons. The van der Waals surface area contributed by atoms with Crippen LogP contribution < -0.4 is 5.73 Å². The highest BCUT2D eigenvalue weighted by molar-refractivity contribution is 5.89. The molecule has 0 bridgehead atoms. The van der Waals surface area contributed by atoms with Crippen LogP contribution in [0.5, 0.6) is 0 Å². The average Bonchev–Trinajstić information content (AvgIpc) is 3.08. The second kappa shape index (κ2) is 6.37. The molecule has 4 rings (SSSR count). The van der Waals surface area contributed by atoms with Gasteiger partial charge < -0.3 is 20.3 Å². The number of likely N-dealkylation sites (tertiary alicyclic amines) is 1. The molecule has 1 aliphatic rings. The predicted octanol–water partition coefficient (Wildman–Crippen LogP) is 0.732. The van der Waals surface area contributed by atoms with Gasteiger partial charge in [-0.3, -0.25) is 4.79 Å². The van der Waals surface area contributed by atoms with E-state index < -0.39 is 5.60 Å². The third kappa shape index (κ3) is 3.09. The van der Waals surface area contributed by atoms with E-state index in [0.717, 1.165) is 11.1 Å². The first-order valence-corrected chi connectivity index (χ1v) is 8.53. The molecule has 0 aromatic carbocycles. The molecule has 4 heterocycles. The normalized spacial score (nSPS) is 19.8. The van der Waals surface area contributed by atoms with Crippen molar-refractivity contribution in [1.29, 1.82) is 0 Å². The quantitative estimate of drug-likeness (QED) is 0.618. The van der Waals surface area contributed by atoms with Gasteiger partial charge in [-0.25, -0.2) is 9.97 Å². The van der Waals surface area contributed by atoms with E-state index in [1.54, 1.807) is 25.5 Å². The number of pyridine rings is 1. The Hall–Kier alpha value is -3.44. The van der Waals surface area contributed by atoms with Crippen molar-refractivity contribution in [3.8, 4) is 17.5 Å². The highest BCUT2D eigenvalue weighted by Crippen LogP contribution is 2.22. The number of amides is 1. The first-order valence-electron chi connectivity index (χ1n) is 8.53. The van der Waals surface area contributed by atoms with Gasteiger partial charge in [0.15, 0.2) is 0 Å². The van der Waals surface area contributed by atoms with Crippen LogP contribution in [0.3, 0.4) is 0 Å². The molecule has 0 aliphatic carbocycles.